The van der Waals surface area contributed by atoms with Crippen molar-refractivity contribution in [2.24, 2.45) is 0 Å². The maximum absolute atomic E-state index is 13.3. The van der Waals surface area contributed by atoms with E-state index >= 15 is 0 Å². The van der Waals surface area contributed by atoms with Crippen molar-refractivity contribution in [1.82, 2.24) is 19.9 Å². The van der Waals surface area contributed by atoms with Crippen molar-refractivity contribution in [1.29, 1.82) is 0 Å². The maximum Gasteiger partial charge on any atom is 0.213 e. The van der Waals surface area contributed by atoms with Crippen molar-refractivity contribution < 1.29 is 14.0 Å². The third-order valence-electron chi connectivity index (χ3n) is 4.20. The number of hydrogen-bond donors (Lipinski definition) is 0. The number of ketones is 2. The second-order valence-corrected chi connectivity index (χ2v) is 6.11. The zero-order valence-corrected chi connectivity index (χ0v) is 14.5. The molecule has 136 valence electrons. The first-order valence-corrected chi connectivity index (χ1v) is 8.45. The number of halogens is 1. The molecule has 0 aliphatic heterocycles. The predicted octanol–water partition coefficient (Wildman–Crippen LogP) is 3.22. The molecule has 0 unspecified atom stereocenters. The number of nitrogens with zero attached hydrogens (tertiary/aromatic N) is 4. The third kappa shape index (κ3) is 3.50. The van der Waals surface area contributed by atoms with Gasteiger partial charge in [0.15, 0.2) is 11.6 Å². The van der Waals surface area contributed by atoms with Crippen LogP contribution < -0.4 is 0 Å². The van der Waals surface area contributed by atoms with Crippen LogP contribution in [0.15, 0.2) is 67.4 Å². The number of rotatable bonds is 5. The number of hydrogen-bond acceptors (Lipinski definition) is 6. The highest BCUT2D eigenvalue weighted by Crippen LogP contribution is 2.22. The minimum Gasteiger partial charge on any atom is -0.294 e. The first kappa shape index (κ1) is 17.5. The average molecular weight is 372 g/mol. The van der Waals surface area contributed by atoms with E-state index in [0.29, 0.717) is 27.7 Å². The fraction of sp³-hybridized carbons (Fsp3) is 0.0476. The van der Waals surface area contributed by atoms with E-state index in [1.54, 1.807) is 30.5 Å². The molecule has 0 N–H and O–H groups in total. The normalized spacial score (nSPS) is 10.8. The van der Waals surface area contributed by atoms with E-state index in [1.165, 1.54) is 36.9 Å². The Balaban J connectivity index is 1.78. The Bertz CT molecular complexity index is 1200. The van der Waals surface area contributed by atoms with Crippen molar-refractivity contribution in [3.63, 3.8) is 0 Å². The molecule has 0 aliphatic rings. The van der Waals surface area contributed by atoms with Crippen LogP contribution >= 0.6 is 0 Å². The van der Waals surface area contributed by atoms with Crippen LogP contribution in [0.3, 0.4) is 0 Å². The van der Waals surface area contributed by atoms with Crippen LogP contribution in [0.5, 0.6) is 0 Å². The summed E-state index contributed by atoms with van der Waals surface area (Å²) in [5.41, 5.74) is 1.71. The Morgan fingerprint density at radius 2 is 1.79 bits per heavy atom. The highest BCUT2D eigenvalue weighted by Gasteiger charge is 2.18. The van der Waals surface area contributed by atoms with Crippen molar-refractivity contribution in [2.75, 3.05) is 0 Å². The van der Waals surface area contributed by atoms with Gasteiger partial charge in [0.2, 0.25) is 5.95 Å². The van der Waals surface area contributed by atoms with Gasteiger partial charge in [-0.2, -0.15) is 4.39 Å². The monoisotopic (exact) mass is 372 g/mol. The van der Waals surface area contributed by atoms with E-state index in [9.17, 15) is 14.0 Å². The van der Waals surface area contributed by atoms with E-state index in [0.717, 1.165) is 0 Å². The lowest BCUT2D eigenvalue weighted by Gasteiger charge is -2.09. The highest BCUT2D eigenvalue weighted by molar-refractivity contribution is 6.14. The molecular formula is C21H13FN4O2. The fourth-order valence-corrected chi connectivity index (χ4v) is 2.93. The summed E-state index contributed by atoms with van der Waals surface area (Å²) in [6, 6.07) is 11.0. The Morgan fingerprint density at radius 3 is 2.57 bits per heavy atom. The van der Waals surface area contributed by atoms with Crippen molar-refractivity contribution >= 4 is 22.5 Å². The Kier molecular flexibility index (Phi) is 4.63. The Morgan fingerprint density at radius 1 is 0.964 bits per heavy atom. The number of benzene rings is 1. The van der Waals surface area contributed by atoms with Gasteiger partial charge in [-0.1, -0.05) is 12.1 Å². The van der Waals surface area contributed by atoms with Gasteiger partial charge in [-0.05, 0) is 30.3 Å². The van der Waals surface area contributed by atoms with E-state index < -0.39 is 5.95 Å². The van der Waals surface area contributed by atoms with Crippen LogP contribution in [0, 0.1) is 5.95 Å². The van der Waals surface area contributed by atoms with E-state index in [-0.39, 0.29) is 23.6 Å². The topological polar surface area (TPSA) is 85.7 Å². The lowest BCUT2D eigenvalue weighted by Crippen LogP contribution is -2.10. The predicted molar refractivity (Wildman–Crippen MR) is 99.4 cm³/mol. The molecular weight excluding hydrogens is 359 g/mol. The number of fused-ring (bicyclic) bond motifs is 1. The summed E-state index contributed by atoms with van der Waals surface area (Å²) >= 11 is 0. The second-order valence-electron chi connectivity index (χ2n) is 6.11. The quantitative estimate of drug-likeness (QED) is 0.395. The summed E-state index contributed by atoms with van der Waals surface area (Å²) in [6.07, 6.45) is 5.64. The SMILES string of the molecule is O=C(c1cncnc1)c1cc(C(=O)Cc2cccc(F)n2)c2ncccc2c1. The first-order valence-electron chi connectivity index (χ1n) is 8.45. The summed E-state index contributed by atoms with van der Waals surface area (Å²) in [4.78, 5) is 41.4. The molecule has 0 atom stereocenters. The molecule has 0 fully saturated rings. The lowest BCUT2D eigenvalue weighted by molar-refractivity contribution is 0.0993. The molecule has 0 bridgehead atoms. The summed E-state index contributed by atoms with van der Waals surface area (Å²) in [5.74, 6) is -1.26. The standard InChI is InChI=1S/C21H13FN4O2/c22-19-5-1-4-16(26-19)9-18(27)17-8-14(7-13-3-2-6-25-20(13)17)21(28)15-10-23-12-24-11-15/h1-8,10-12H,9H2. The molecule has 4 aromatic rings. The third-order valence-corrected chi connectivity index (χ3v) is 4.20. The van der Waals surface area contributed by atoms with Gasteiger partial charge in [0.25, 0.3) is 0 Å². The van der Waals surface area contributed by atoms with E-state index in [1.807, 2.05) is 0 Å². The van der Waals surface area contributed by atoms with Gasteiger partial charge in [-0.25, -0.2) is 15.0 Å². The number of carbonyl (C=O) groups excluding carboxylic acids is 2. The van der Waals surface area contributed by atoms with Gasteiger partial charge in [0.1, 0.15) is 6.33 Å². The summed E-state index contributed by atoms with van der Waals surface area (Å²) in [5, 5.41) is 0.653. The molecule has 7 heteroatoms. The van der Waals surface area contributed by atoms with Crippen LogP contribution in [0.2, 0.25) is 0 Å². The number of pyridine rings is 2. The van der Waals surface area contributed by atoms with Crippen LogP contribution in [-0.2, 0) is 6.42 Å². The van der Waals surface area contributed by atoms with Gasteiger partial charge in [-0.3, -0.25) is 14.6 Å². The van der Waals surface area contributed by atoms with Crippen LogP contribution in [-0.4, -0.2) is 31.5 Å². The minimum atomic E-state index is -0.652. The zero-order valence-electron chi connectivity index (χ0n) is 14.5. The van der Waals surface area contributed by atoms with Crippen LogP contribution in [0.25, 0.3) is 10.9 Å². The second kappa shape index (κ2) is 7.40. The van der Waals surface area contributed by atoms with E-state index in [4.69, 9.17) is 0 Å². The van der Waals surface area contributed by atoms with Gasteiger partial charge < -0.3 is 0 Å². The number of Topliss-reactive ketones (excluding diaryl/α,β-unsaturated/α-hetero) is 1. The van der Waals surface area contributed by atoms with Crippen LogP contribution in [0.4, 0.5) is 4.39 Å². The van der Waals surface area contributed by atoms with E-state index in [2.05, 4.69) is 19.9 Å². The molecule has 0 saturated carbocycles. The van der Waals surface area contributed by atoms with Crippen molar-refractivity contribution in [2.45, 2.75) is 6.42 Å². The molecule has 4 rings (SSSR count). The van der Waals surface area contributed by atoms with Gasteiger partial charge in [0.05, 0.1) is 23.2 Å². The first-order chi connectivity index (χ1) is 13.6. The number of aromatic nitrogens is 4. The van der Waals surface area contributed by atoms with Crippen molar-refractivity contribution in [3.05, 3.63) is 95.7 Å². The van der Waals surface area contributed by atoms with Gasteiger partial charge in [-0.15, -0.1) is 0 Å². The maximum atomic E-state index is 13.3. The largest absolute Gasteiger partial charge is 0.294 e. The molecule has 28 heavy (non-hydrogen) atoms. The molecule has 3 heterocycles. The Labute approximate surface area is 159 Å². The van der Waals surface area contributed by atoms with Gasteiger partial charge in [0, 0.05) is 35.1 Å². The summed E-state index contributed by atoms with van der Waals surface area (Å²) < 4.78 is 13.3. The highest BCUT2D eigenvalue weighted by atomic mass is 19.1. The number of carbonyl (C=O) groups is 2. The lowest BCUT2D eigenvalue weighted by atomic mass is 9.96. The molecule has 0 aliphatic carbocycles. The molecule has 3 aromatic heterocycles. The van der Waals surface area contributed by atoms with Gasteiger partial charge >= 0.3 is 0 Å². The average Bonchev–Trinajstić information content (AvgIpc) is 2.73. The zero-order chi connectivity index (χ0) is 19.5. The van der Waals surface area contributed by atoms with Crippen LogP contribution in [0.1, 0.15) is 32.0 Å². The molecule has 0 spiro atoms. The summed E-state index contributed by atoms with van der Waals surface area (Å²) in [7, 11) is 0. The van der Waals surface area contributed by atoms with Crippen molar-refractivity contribution in [3.8, 4) is 0 Å². The molecule has 0 saturated heterocycles. The fourth-order valence-electron chi connectivity index (χ4n) is 2.93. The molecule has 0 amide bonds. The summed E-state index contributed by atoms with van der Waals surface area (Å²) in [6.45, 7) is 0. The Hall–Kier alpha value is -3.87. The molecule has 6 nitrogen and oxygen atoms in total. The minimum absolute atomic E-state index is 0.102. The molecule has 0 radical (unpaired) electrons. The molecule has 1 aromatic carbocycles. The smallest absolute Gasteiger partial charge is 0.213 e.